The number of pyridine rings is 1. The van der Waals surface area contributed by atoms with Crippen LogP contribution in [-0.4, -0.2) is 45.2 Å². The summed E-state index contributed by atoms with van der Waals surface area (Å²) in [6.45, 7) is 5.81. The van der Waals surface area contributed by atoms with E-state index in [9.17, 15) is 4.79 Å². The molecule has 1 aliphatic heterocycles. The Labute approximate surface area is 159 Å². The molecule has 4 rings (SSSR count). The zero-order valence-corrected chi connectivity index (χ0v) is 15.6. The van der Waals surface area contributed by atoms with Gasteiger partial charge in [0.15, 0.2) is 5.65 Å². The Balaban J connectivity index is 1.51. The molecule has 1 saturated heterocycles. The van der Waals surface area contributed by atoms with Gasteiger partial charge in [-0.15, -0.1) is 0 Å². The zero-order chi connectivity index (χ0) is 18.6. The summed E-state index contributed by atoms with van der Waals surface area (Å²) in [5, 5.41) is 8.85. The third-order valence-corrected chi connectivity index (χ3v) is 5.14. The van der Waals surface area contributed by atoms with Crippen molar-refractivity contribution in [3.8, 4) is 0 Å². The quantitative estimate of drug-likeness (QED) is 0.731. The van der Waals surface area contributed by atoms with Crippen molar-refractivity contribution in [1.82, 2.24) is 25.0 Å². The lowest BCUT2D eigenvalue weighted by Gasteiger charge is -2.15. The third-order valence-electron chi connectivity index (χ3n) is 5.14. The molecule has 1 aliphatic rings. The minimum absolute atomic E-state index is 0.0213. The lowest BCUT2D eigenvalue weighted by Crippen LogP contribution is -2.25. The Bertz CT molecular complexity index is 921. The van der Waals surface area contributed by atoms with Crippen LogP contribution in [0.4, 0.5) is 0 Å². The smallest absolute Gasteiger partial charge is 0.216 e. The topological polar surface area (TPSA) is 63.1 Å². The van der Waals surface area contributed by atoms with Crippen LogP contribution >= 0.6 is 0 Å². The lowest BCUT2D eigenvalue weighted by atomic mass is 10.0. The molecule has 1 atom stereocenters. The van der Waals surface area contributed by atoms with Crippen LogP contribution in [0, 0.1) is 0 Å². The maximum atomic E-state index is 11.1. The number of rotatable bonds is 6. The van der Waals surface area contributed by atoms with Crippen molar-refractivity contribution >= 4 is 16.9 Å². The second-order valence-electron chi connectivity index (χ2n) is 7.17. The molecule has 1 aromatic carbocycles. The Morgan fingerprint density at radius 1 is 1.22 bits per heavy atom. The van der Waals surface area contributed by atoms with Crippen LogP contribution in [0.3, 0.4) is 0 Å². The molecule has 1 amide bonds. The Hall–Kier alpha value is -2.73. The summed E-state index contributed by atoms with van der Waals surface area (Å²) >= 11 is 0. The Kier molecular flexibility index (Phi) is 5.16. The van der Waals surface area contributed by atoms with Crippen LogP contribution in [-0.2, 0) is 17.9 Å². The molecule has 3 heterocycles. The predicted octanol–water partition coefficient (Wildman–Crippen LogP) is 2.56. The van der Waals surface area contributed by atoms with Gasteiger partial charge in [-0.25, -0.2) is 9.67 Å². The highest BCUT2D eigenvalue weighted by Gasteiger charge is 2.28. The molecule has 27 heavy (non-hydrogen) atoms. The van der Waals surface area contributed by atoms with Gasteiger partial charge >= 0.3 is 0 Å². The molecule has 140 valence electrons. The summed E-state index contributed by atoms with van der Waals surface area (Å²) in [4.78, 5) is 18.2. The molecule has 2 aromatic heterocycles. The van der Waals surface area contributed by atoms with E-state index < -0.39 is 0 Å². The molecule has 0 saturated carbocycles. The standard InChI is InChI=1S/C21H25N5O/c1-16(27)22-11-13-26-21-19(8-5-10-23-21)20(24-26)18-9-12-25(15-18)14-17-6-3-2-4-7-17/h2-8,10,18H,9,11-15H2,1H3,(H,22,27)/t18-/m0/s1. The van der Waals surface area contributed by atoms with Gasteiger partial charge in [-0.3, -0.25) is 9.69 Å². The monoisotopic (exact) mass is 363 g/mol. The fourth-order valence-corrected chi connectivity index (χ4v) is 3.87. The number of hydrogen-bond acceptors (Lipinski definition) is 4. The number of nitrogens with one attached hydrogen (secondary N) is 1. The summed E-state index contributed by atoms with van der Waals surface area (Å²) in [6.07, 6.45) is 2.92. The molecular formula is C21H25N5O. The van der Waals surface area contributed by atoms with E-state index >= 15 is 0 Å². The van der Waals surface area contributed by atoms with E-state index in [1.807, 2.05) is 10.7 Å². The minimum Gasteiger partial charge on any atom is -0.354 e. The zero-order valence-electron chi connectivity index (χ0n) is 15.6. The number of benzene rings is 1. The maximum Gasteiger partial charge on any atom is 0.216 e. The predicted molar refractivity (Wildman–Crippen MR) is 105 cm³/mol. The SMILES string of the molecule is CC(=O)NCCn1nc([C@H]2CCN(Cc3ccccc3)C2)c2cccnc21. The van der Waals surface area contributed by atoms with Crippen LogP contribution in [0.1, 0.15) is 30.5 Å². The van der Waals surface area contributed by atoms with Gasteiger partial charge in [-0.05, 0) is 30.7 Å². The Morgan fingerprint density at radius 3 is 2.89 bits per heavy atom. The van der Waals surface area contributed by atoms with Crippen molar-refractivity contribution in [3.05, 3.63) is 59.9 Å². The number of likely N-dealkylation sites (tertiary alicyclic amines) is 1. The molecule has 1 N–H and O–H groups in total. The summed E-state index contributed by atoms with van der Waals surface area (Å²) < 4.78 is 1.93. The van der Waals surface area contributed by atoms with Crippen LogP contribution < -0.4 is 5.32 Å². The molecule has 0 bridgehead atoms. The molecule has 0 unspecified atom stereocenters. The van der Waals surface area contributed by atoms with Gasteiger partial charge in [-0.2, -0.15) is 5.10 Å². The summed E-state index contributed by atoms with van der Waals surface area (Å²) in [7, 11) is 0. The van der Waals surface area contributed by atoms with Gasteiger partial charge in [0.05, 0.1) is 12.2 Å². The third kappa shape index (κ3) is 4.01. The number of hydrogen-bond donors (Lipinski definition) is 1. The number of fused-ring (bicyclic) bond motifs is 1. The van der Waals surface area contributed by atoms with E-state index in [0.29, 0.717) is 19.0 Å². The van der Waals surface area contributed by atoms with Crippen molar-refractivity contribution in [1.29, 1.82) is 0 Å². The molecule has 1 fully saturated rings. The molecule has 0 radical (unpaired) electrons. The lowest BCUT2D eigenvalue weighted by molar-refractivity contribution is -0.118. The summed E-state index contributed by atoms with van der Waals surface area (Å²) in [5.74, 6) is 0.398. The van der Waals surface area contributed by atoms with Crippen LogP contribution in [0.5, 0.6) is 0 Å². The highest BCUT2D eigenvalue weighted by Crippen LogP contribution is 2.31. The van der Waals surface area contributed by atoms with E-state index in [4.69, 9.17) is 5.10 Å². The van der Waals surface area contributed by atoms with Crippen LogP contribution in [0.15, 0.2) is 48.7 Å². The molecular weight excluding hydrogens is 338 g/mol. The van der Waals surface area contributed by atoms with E-state index in [0.717, 1.165) is 42.8 Å². The van der Waals surface area contributed by atoms with Gasteiger partial charge < -0.3 is 5.32 Å². The van der Waals surface area contributed by atoms with Crippen molar-refractivity contribution in [3.63, 3.8) is 0 Å². The summed E-state index contributed by atoms with van der Waals surface area (Å²) in [6, 6.07) is 14.7. The van der Waals surface area contributed by atoms with E-state index in [1.54, 1.807) is 6.20 Å². The first-order chi connectivity index (χ1) is 13.2. The number of amides is 1. The van der Waals surface area contributed by atoms with Crippen molar-refractivity contribution in [2.24, 2.45) is 0 Å². The summed E-state index contributed by atoms with van der Waals surface area (Å²) in [5.41, 5.74) is 3.39. The largest absolute Gasteiger partial charge is 0.354 e. The fourth-order valence-electron chi connectivity index (χ4n) is 3.87. The first kappa shape index (κ1) is 17.7. The molecule has 3 aromatic rings. The van der Waals surface area contributed by atoms with E-state index in [2.05, 4.69) is 51.6 Å². The number of carbonyl (C=O) groups is 1. The first-order valence-corrected chi connectivity index (χ1v) is 9.53. The Morgan fingerprint density at radius 2 is 2.07 bits per heavy atom. The molecule has 0 aliphatic carbocycles. The fraction of sp³-hybridized carbons (Fsp3) is 0.381. The number of nitrogens with zero attached hydrogens (tertiary/aromatic N) is 4. The van der Waals surface area contributed by atoms with Crippen molar-refractivity contribution < 1.29 is 4.79 Å². The minimum atomic E-state index is -0.0213. The van der Waals surface area contributed by atoms with E-state index in [-0.39, 0.29) is 5.91 Å². The van der Waals surface area contributed by atoms with Gasteiger partial charge in [0, 0.05) is 44.1 Å². The van der Waals surface area contributed by atoms with E-state index in [1.165, 1.54) is 12.5 Å². The second-order valence-corrected chi connectivity index (χ2v) is 7.17. The molecule has 6 heteroatoms. The molecule has 6 nitrogen and oxygen atoms in total. The van der Waals surface area contributed by atoms with Gasteiger partial charge in [0.25, 0.3) is 0 Å². The maximum absolute atomic E-state index is 11.1. The normalized spacial score (nSPS) is 17.4. The number of carbonyl (C=O) groups excluding carboxylic acids is 1. The van der Waals surface area contributed by atoms with Crippen LogP contribution in [0.2, 0.25) is 0 Å². The number of aromatic nitrogens is 3. The second kappa shape index (κ2) is 7.88. The average Bonchev–Trinajstić information content (AvgIpc) is 3.27. The van der Waals surface area contributed by atoms with Gasteiger partial charge in [0.1, 0.15) is 0 Å². The first-order valence-electron chi connectivity index (χ1n) is 9.53. The van der Waals surface area contributed by atoms with Crippen molar-refractivity contribution in [2.75, 3.05) is 19.6 Å². The molecule has 0 spiro atoms. The highest BCUT2D eigenvalue weighted by atomic mass is 16.1. The highest BCUT2D eigenvalue weighted by molar-refractivity contribution is 5.79. The van der Waals surface area contributed by atoms with Gasteiger partial charge in [-0.1, -0.05) is 30.3 Å². The van der Waals surface area contributed by atoms with Crippen LogP contribution in [0.25, 0.3) is 11.0 Å². The van der Waals surface area contributed by atoms with Crippen molar-refractivity contribution in [2.45, 2.75) is 32.4 Å². The van der Waals surface area contributed by atoms with Gasteiger partial charge in [0.2, 0.25) is 5.91 Å². The average molecular weight is 363 g/mol.